The summed E-state index contributed by atoms with van der Waals surface area (Å²) < 4.78 is 5.54. The van der Waals surface area contributed by atoms with Crippen LogP contribution < -0.4 is 5.32 Å². The zero-order valence-electron chi connectivity index (χ0n) is 12.5. The van der Waals surface area contributed by atoms with Crippen molar-refractivity contribution in [2.45, 2.75) is 45.3 Å². The van der Waals surface area contributed by atoms with Gasteiger partial charge in [0.15, 0.2) is 0 Å². The van der Waals surface area contributed by atoms with Crippen molar-refractivity contribution in [3.05, 3.63) is 35.9 Å². The van der Waals surface area contributed by atoms with Crippen LogP contribution in [0.1, 0.15) is 38.2 Å². The lowest BCUT2D eigenvalue weighted by Crippen LogP contribution is -2.34. The number of aliphatic hydroxyl groups is 1. The van der Waals surface area contributed by atoms with Gasteiger partial charge >= 0.3 is 0 Å². The van der Waals surface area contributed by atoms with Crippen LogP contribution in [0.3, 0.4) is 0 Å². The lowest BCUT2D eigenvalue weighted by molar-refractivity contribution is 0.0283. The number of ether oxygens (including phenoxy) is 1. The average Bonchev–Trinajstić information content (AvgIpc) is 3.20. The molecule has 3 heteroatoms. The molecule has 1 aromatic carbocycles. The van der Waals surface area contributed by atoms with E-state index in [0.717, 1.165) is 12.1 Å². The molecular weight excluding hydrogens is 250 g/mol. The quantitative estimate of drug-likeness (QED) is 0.691. The minimum absolute atomic E-state index is 0.392. The first kappa shape index (κ1) is 15.5. The Morgan fingerprint density at radius 2 is 2.05 bits per heavy atom. The normalized spacial score (nSPS) is 17.9. The topological polar surface area (TPSA) is 41.5 Å². The van der Waals surface area contributed by atoms with E-state index >= 15 is 0 Å². The van der Waals surface area contributed by atoms with Crippen LogP contribution in [0.4, 0.5) is 0 Å². The molecule has 1 fully saturated rings. The van der Waals surface area contributed by atoms with Gasteiger partial charge in [0.05, 0.1) is 19.3 Å². The summed E-state index contributed by atoms with van der Waals surface area (Å²) in [6.07, 6.45) is 4.82. The van der Waals surface area contributed by atoms with Crippen molar-refractivity contribution in [3.8, 4) is 0 Å². The summed E-state index contributed by atoms with van der Waals surface area (Å²) in [4.78, 5) is 0. The van der Waals surface area contributed by atoms with E-state index in [0.29, 0.717) is 25.2 Å². The molecule has 2 N–H and O–H groups in total. The Morgan fingerprint density at radius 1 is 1.30 bits per heavy atom. The third-order valence-electron chi connectivity index (χ3n) is 4.04. The standard InChI is InChI=1S/C17H27NO2/c1-2-8-17(9-10-17)14-18-11-16(19)13-20-12-15-6-4-3-5-7-15/h3-7,16,18-19H,2,8-14H2,1H3. The molecule has 1 aromatic rings. The molecule has 3 nitrogen and oxygen atoms in total. The maximum absolute atomic E-state index is 9.89. The molecule has 2 rings (SSSR count). The van der Waals surface area contributed by atoms with Crippen LogP contribution in [-0.4, -0.2) is 30.9 Å². The zero-order chi connectivity index (χ0) is 14.3. The first-order valence-corrected chi connectivity index (χ1v) is 7.74. The van der Waals surface area contributed by atoms with Gasteiger partial charge in [-0.25, -0.2) is 0 Å². The van der Waals surface area contributed by atoms with Gasteiger partial charge in [-0.3, -0.25) is 0 Å². The van der Waals surface area contributed by atoms with Crippen LogP contribution >= 0.6 is 0 Å². The van der Waals surface area contributed by atoms with Crippen LogP contribution in [-0.2, 0) is 11.3 Å². The second-order valence-corrected chi connectivity index (χ2v) is 6.04. The van der Waals surface area contributed by atoms with Gasteiger partial charge in [-0.15, -0.1) is 0 Å². The highest BCUT2D eigenvalue weighted by Crippen LogP contribution is 2.48. The summed E-state index contributed by atoms with van der Waals surface area (Å²) in [7, 11) is 0. The van der Waals surface area contributed by atoms with Gasteiger partial charge in [-0.05, 0) is 30.2 Å². The minimum Gasteiger partial charge on any atom is -0.389 e. The number of hydrogen-bond donors (Lipinski definition) is 2. The minimum atomic E-state index is -0.420. The Morgan fingerprint density at radius 3 is 2.70 bits per heavy atom. The fourth-order valence-electron chi connectivity index (χ4n) is 2.67. The summed E-state index contributed by atoms with van der Waals surface area (Å²) in [6, 6.07) is 10.1. The van der Waals surface area contributed by atoms with Crippen LogP contribution in [0.5, 0.6) is 0 Å². The molecule has 0 aromatic heterocycles. The summed E-state index contributed by atoms with van der Waals surface area (Å²) in [6.45, 7) is 4.86. The first-order chi connectivity index (χ1) is 9.74. The van der Waals surface area contributed by atoms with E-state index in [1.807, 2.05) is 30.3 Å². The third kappa shape index (κ3) is 5.23. The molecule has 0 saturated heterocycles. The average molecular weight is 277 g/mol. The smallest absolute Gasteiger partial charge is 0.0897 e. The molecule has 0 radical (unpaired) electrons. The first-order valence-electron chi connectivity index (χ1n) is 7.74. The van der Waals surface area contributed by atoms with Gasteiger partial charge in [-0.2, -0.15) is 0 Å². The van der Waals surface area contributed by atoms with Crippen LogP contribution in [0.15, 0.2) is 30.3 Å². The summed E-state index contributed by atoms with van der Waals surface area (Å²) in [5, 5.41) is 13.3. The molecule has 1 atom stereocenters. The number of nitrogens with one attached hydrogen (secondary N) is 1. The van der Waals surface area contributed by atoms with Crippen molar-refractivity contribution in [1.82, 2.24) is 5.32 Å². The summed E-state index contributed by atoms with van der Waals surface area (Å²) in [5.41, 5.74) is 1.69. The molecule has 1 saturated carbocycles. The highest BCUT2D eigenvalue weighted by atomic mass is 16.5. The molecule has 0 spiro atoms. The molecule has 1 aliphatic carbocycles. The van der Waals surface area contributed by atoms with Gasteiger partial charge in [-0.1, -0.05) is 43.7 Å². The van der Waals surface area contributed by atoms with E-state index in [9.17, 15) is 5.11 Å². The number of aliphatic hydroxyl groups excluding tert-OH is 1. The second kappa shape index (κ2) is 7.77. The highest BCUT2D eigenvalue weighted by molar-refractivity contribution is 5.13. The second-order valence-electron chi connectivity index (χ2n) is 6.04. The molecule has 1 aliphatic rings. The van der Waals surface area contributed by atoms with E-state index in [2.05, 4.69) is 12.2 Å². The van der Waals surface area contributed by atoms with Gasteiger partial charge in [0, 0.05) is 13.1 Å². The van der Waals surface area contributed by atoms with Gasteiger partial charge in [0.1, 0.15) is 0 Å². The molecule has 1 unspecified atom stereocenters. The predicted octanol–water partition coefficient (Wildman–Crippen LogP) is 2.73. The van der Waals surface area contributed by atoms with Crippen LogP contribution in [0, 0.1) is 5.41 Å². The van der Waals surface area contributed by atoms with Crippen molar-refractivity contribution in [2.75, 3.05) is 19.7 Å². The van der Waals surface area contributed by atoms with E-state index in [1.54, 1.807) is 0 Å². The molecule has 0 bridgehead atoms. The van der Waals surface area contributed by atoms with Crippen molar-refractivity contribution in [3.63, 3.8) is 0 Å². The van der Waals surface area contributed by atoms with Crippen molar-refractivity contribution >= 4 is 0 Å². The fourth-order valence-corrected chi connectivity index (χ4v) is 2.67. The number of benzene rings is 1. The maximum atomic E-state index is 9.89. The van der Waals surface area contributed by atoms with Gasteiger partial charge < -0.3 is 15.2 Å². The Labute approximate surface area is 122 Å². The number of hydrogen-bond acceptors (Lipinski definition) is 3. The van der Waals surface area contributed by atoms with Crippen LogP contribution in [0.25, 0.3) is 0 Å². The van der Waals surface area contributed by atoms with E-state index in [1.165, 1.54) is 25.7 Å². The lowest BCUT2D eigenvalue weighted by Gasteiger charge is -2.17. The van der Waals surface area contributed by atoms with Crippen molar-refractivity contribution < 1.29 is 9.84 Å². The molecule has 112 valence electrons. The zero-order valence-corrected chi connectivity index (χ0v) is 12.5. The van der Waals surface area contributed by atoms with E-state index in [4.69, 9.17) is 4.74 Å². The van der Waals surface area contributed by atoms with E-state index in [-0.39, 0.29) is 0 Å². The van der Waals surface area contributed by atoms with Crippen molar-refractivity contribution in [2.24, 2.45) is 5.41 Å². The van der Waals surface area contributed by atoms with Crippen LogP contribution in [0.2, 0.25) is 0 Å². The third-order valence-corrected chi connectivity index (χ3v) is 4.04. The van der Waals surface area contributed by atoms with E-state index < -0.39 is 6.10 Å². The largest absolute Gasteiger partial charge is 0.389 e. The van der Waals surface area contributed by atoms with Gasteiger partial charge in [0.25, 0.3) is 0 Å². The Bertz CT molecular complexity index is 376. The molecule has 0 heterocycles. The summed E-state index contributed by atoms with van der Waals surface area (Å²) >= 11 is 0. The Kier molecular flexibility index (Phi) is 6.02. The van der Waals surface area contributed by atoms with Gasteiger partial charge in [0.2, 0.25) is 0 Å². The molecular formula is C17H27NO2. The lowest BCUT2D eigenvalue weighted by atomic mass is 10.0. The fraction of sp³-hybridized carbons (Fsp3) is 0.647. The monoisotopic (exact) mass is 277 g/mol. The SMILES string of the molecule is CCCC1(CNCC(O)COCc2ccccc2)CC1. The number of rotatable bonds is 10. The molecule has 0 aliphatic heterocycles. The Hall–Kier alpha value is -0.900. The van der Waals surface area contributed by atoms with Crippen molar-refractivity contribution in [1.29, 1.82) is 0 Å². The highest BCUT2D eigenvalue weighted by Gasteiger charge is 2.40. The molecule has 0 amide bonds. The summed E-state index contributed by atoms with van der Waals surface area (Å²) in [5.74, 6) is 0. The predicted molar refractivity (Wildman–Crippen MR) is 81.5 cm³/mol. The Balaban J connectivity index is 1.53. The molecule has 20 heavy (non-hydrogen) atoms. The maximum Gasteiger partial charge on any atom is 0.0897 e.